The molecule has 0 aromatic rings. The first-order valence-corrected chi connectivity index (χ1v) is 13.9. The monoisotopic (exact) mass is 472 g/mol. The van der Waals surface area contributed by atoms with Gasteiger partial charge in [-0.25, -0.2) is 0 Å². The van der Waals surface area contributed by atoms with Gasteiger partial charge in [0, 0.05) is 11.8 Å². The van der Waals surface area contributed by atoms with E-state index >= 15 is 0 Å². The maximum Gasteiger partial charge on any atom is 0.138 e. The lowest BCUT2D eigenvalue weighted by Crippen LogP contribution is -2.57. The predicted octanol–water partition coefficient (Wildman–Crippen LogP) is 5.70. The molecular weight excluding hydrogens is 424 g/mol. The molecule has 0 aromatic heterocycles. The van der Waals surface area contributed by atoms with Crippen LogP contribution in [0, 0.1) is 45.3 Å². The van der Waals surface area contributed by atoms with Gasteiger partial charge in [0.25, 0.3) is 0 Å². The van der Waals surface area contributed by atoms with Gasteiger partial charge in [-0.05, 0) is 92.3 Å². The summed E-state index contributed by atoms with van der Waals surface area (Å²) in [4.78, 5) is 12.8. The molecule has 1 aliphatic heterocycles. The minimum Gasteiger partial charge on any atom is -0.388 e. The molecule has 1 heterocycles. The van der Waals surface area contributed by atoms with Crippen LogP contribution in [0.15, 0.2) is 11.6 Å². The van der Waals surface area contributed by atoms with Crippen molar-refractivity contribution in [3.8, 4) is 0 Å². The molecule has 192 valence electrons. The van der Waals surface area contributed by atoms with Gasteiger partial charge >= 0.3 is 0 Å². The van der Waals surface area contributed by atoms with E-state index in [0.717, 1.165) is 25.7 Å². The summed E-state index contributed by atoms with van der Waals surface area (Å²) in [5.74, 6) is 2.10. The Hall–Kier alpha value is -0.710. The second kappa shape index (κ2) is 7.42. The predicted molar refractivity (Wildman–Crippen MR) is 134 cm³/mol. The molecule has 4 aliphatic carbocycles. The Bertz CT molecular complexity index is 903. The molecule has 4 heteroatoms. The summed E-state index contributed by atoms with van der Waals surface area (Å²) in [7, 11) is 0. The van der Waals surface area contributed by atoms with Gasteiger partial charge in [0.15, 0.2) is 0 Å². The zero-order valence-electron chi connectivity index (χ0n) is 22.8. The zero-order chi connectivity index (χ0) is 25.1. The van der Waals surface area contributed by atoms with Crippen LogP contribution in [0.5, 0.6) is 0 Å². The third-order valence-corrected chi connectivity index (χ3v) is 12.6. The molecule has 0 spiro atoms. The highest BCUT2D eigenvalue weighted by Crippen LogP contribution is 2.73. The van der Waals surface area contributed by atoms with Crippen LogP contribution in [0.2, 0.25) is 0 Å². The van der Waals surface area contributed by atoms with Gasteiger partial charge in [0.1, 0.15) is 18.0 Å². The molecule has 2 N–H and O–H groups in total. The standard InChI is InChI=1S/C30H48O4/c1-17(24-23(32)25(33)27(4,5)34-24)18-11-15-30(8)20-9-10-21-26(2,3)22(31)13-14-28(21,6)19(20)12-16-29(18,30)7/h9,17-19,21,23-25,32-33H,10-16H2,1-8H3/t17-,18+,19+,21+,23+,24+,25-,28-,29+,30-/m1/s1. The molecule has 10 atom stereocenters. The van der Waals surface area contributed by atoms with Crippen molar-refractivity contribution in [3.63, 3.8) is 0 Å². The van der Waals surface area contributed by atoms with Crippen LogP contribution in [-0.4, -0.2) is 39.9 Å². The smallest absolute Gasteiger partial charge is 0.138 e. The highest BCUT2D eigenvalue weighted by atomic mass is 16.6. The molecule has 4 fully saturated rings. The van der Waals surface area contributed by atoms with Gasteiger partial charge in [-0.3, -0.25) is 4.79 Å². The topological polar surface area (TPSA) is 66.8 Å². The zero-order valence-corrected chi connectivity index (χ0v) is 22.8. The molecule has 4 nitrogen and oxygen atoms in total. The van der Waals surface area contributed by atoms with Crippen LogP contribution in [0.1, 0.15) is 100 Å². The van der Waals surface area contributed by atoms with Crippen LogP contribution in [0.25, 0.3) is 0 Å². The van der Waals surface area contributed by atoms with Crippen molar-refractivity contribution in [2.75, 3.05) is 0 Å². The Morgan fingerprint density at radius 2 is 1.68 bits per heavy atom. The lowest BCUT2D eigenvalue weighted by molar-refractivity contribution is -0.146. The van der Waals surface area contributed by atoms with E-state index < -0.39 is 17.8 Å². The summed E-state index contributed by atoms with van der Waals surface area (Å²) in [6.45, 7) is 17.9. The van der Waals surface area contributed by atoms with Gasteiger partial charge in [0.05, 0.1) is 11.7 Å². The van der Waals surface area contributed by atoms with E-state index in [9.17, 15) is 15.0 Å². The van der Waals surface area contributed by atoms with Crippen LogP contribution >= 0.6 is 0 Å². The average molecular weight is 473 g/mol. The number of Topliss-reactive ketones (excluding diaryl/α,β-unsaturated/α-hetero) is 1. The number of hydrogen-bond donors (Lipinski definition) is 2. The number of fused-ring (bicyclic) bond motifs is 5. The average Bonchev–Trinajstić information content (AvgIpc) is 3.15. The summed E-state index contributed by atoms with van der Waals surface area (Å²) in [6.07, 6.45) is 8.07. The molecule has 0 bridgehead atoms. The minimum absolute atomic E-state index is 0.145. The van der Waals surface area contributed by atoms with Crippen molar-refractivity contribution >= 4 is 5.78 Å². The maximum atomic E-state index is 12.8. The van der Waals surface area contributed by atoms with E-state index in [4.69, 9.17) is 4.74 Å². The van der Waals surface area contributed by atoms with E-state index in [-0.39, 0.29) is 33.7 Å². The van der Waals surface area contributed by atoms with E-state index in [2.05, 4.69) is 47.6 Å². The molecule has 5 aliphatic rings. The quantitative estimate of drug-likeness (QED) is 0.506. The summed E-state index contributed by atoms with van der Waals surface area (Å²) >= 11 is 0. The fraction of sp³-hybridized carbons (Fsp3) is 0.900. The number of aliphatic hydroxyl groups is 2. The first-order chi connectivity index (χ1) is 15.6. The van der Waals surface area contributed by atoms with Crippen LogP contribution in [0.3, 0.4) is 0 Å². The number of aliphatic hydroxyl groups excluding tert-OH is 2. The molecule has 0 radical (unpaired) electrons. The summed E-state index contributed by atoms with van der Waals surface area (Å²) in [6, 6.07) is 0. The van der Waals surface area contributed by atoms with Crippen molar-refractivity contribution in [1.29, 1.82) is 0 Å². The number of carbonyl (C=O) groups excluding carboxylic acids is 1. The molecule has 1 saturated heterocycles. The number of ether oxygens (including phenoxy) is 1. The first-order valence-electron chi connectivity index (χ1n) is 13.9. The lowest BCUT2D eigenvalue weighted by atomic mass is 9.41. The largest absolute Gasteiger partial charge is 0.388 e. The van der Waals surface area contributed by atoms with E-state index in [1.807, 2.05) is 13.8 Å². The molecule has 0 unspecified atom stereocenters. The van der Waals surface area contributed by atoms with Gasteiger partial charge in [-0.2, -0.15) is 0 Å². The lowest BCUT2D eigenvalue weighted by Gasteiger charge is -2.63. The molecule has 0 amide bonds. The van der Waals surface area contributed by atoms with Crippen LogP contribution in [0.4, 0.5) is 0 Å². The molecule has 5 rings (SSSR count). The second-order valence-corrected chi connectivity index (χ2v) is 14.6. The number of rotatable bonds is 2. The number of allylic oxidation sites excluding steroid dienone is 2. The van der Waals surface area contributed by atoms with Crippen molar-refractivity contribution < 1.29 is 19.7 Å². The highest BCUT2D eigenvalue weighted by Gasteiger charge is 2.66. The SMILES string of the molecule is C[C@@H]([C@@H]1OC(C)(C)[C@H](O)[C@H]1O)[C@@H]1CC[C@]2(C)C3=CC[C@H]4C(C)(C)C(=O)CC[C@]4(C)[C@H]3CC[C@@]12C. The number of hydrogen-bond acceptors (Lipinski definition) is 4. The second-order valence-electron chi connectivity index (χ2n) is 14.6. The van der Waals surface area contributed by atoms with Gasteiger partial charge < -0.3 is 14.9 Å². The van der Waals surface area contributed by atoms with Crippen LogP contribution < -0.4 is 0 Å². The van der Waals surface area contributed by atoms with Crippen molar-refractivity contribution in [2.45, 2.75) is 124 Å². The van der Waals surface area contributed by atoms with Gasteiger partial charge in [0.2, 0.25) is 0 Å². The minimum atomic E-state index is -0.841. The molecule has 3 saturated carbocycles. The van der Waals surface area contributed by atoms with E-state index in [1.54, 1.807) is 5.57 Å². The van der Waals surface area contributed by atoms with E-state index in [0.29, 0.717) is 23.5 Å². The Balaban J connectivity index is 1.47. The van der Waals surface area contributed by atoms with Crippen LogP contribution in [-0.2, 0) is 9.53 Å². The Kier molecular flexibility index (Phi) is 5.44. The van der Waals surface area contributed by atoms with E-state index in [1.165, 1.54) is 19.3 Å². The first kappa shape index (κ1) is 25.0. The van der Waals surface area contributed by atoms with Gasteiger partial charge in [-0.1, -0.05) is 53.2 Å². The number of carbonyl (C=O) groups is 1. The Morgan fingerprint density at radius 1 is 1.00 bits per heavy atom. The third kappa shape index (κ3) is 2.97. The maximum absolute atomic E-state index is 12.8. The highest BCUT2D eigenvalue weighted by molar-refractivity contribution is 5.85. The third-order valence-electron chi connectivity index (χ3n) is 12.6. The normalized spacial score (nSPS) is 52.4. The van der Waals surface area contributed by atoms with Crippen molar-refractivity contribution in [3.05, 3.63) is 11.6 Å². The Morgan fingerprint density at radius 3 is 2.29 bits per heavy atom. The number of ketones is 1. The van der Waals surface area contributed by atoms with Crippen molar-refractivity contribution in [1.82, 2.24) is 0 Å². The summed E-state index contributed by atoms with van der Waals surface area (Å²) in [5.41, 5.74) is 1.24. The van der Waals surface area contributed by atoms with Gasteiger partial charge in [-0.15, -0.1) is 0 Å². The Labute approximate surface area is 206 Å². The summed E-state index contributed by atoms with van der Waals surface area (Å²) in [5, 5.41) is 21.5. The molecule has 0 aromatic carbocycles. The molecular formula is C30H48O4. The molecule has 34 heavy (non-hydrogen) atoms. The fourth-order valence-electron chi connectivity index (χ4n) is 10.1. The fourth-order valence-corrected chi connectivity index (χ4v) is 10.1. The van der Waals surface area contributed by atoms with Crippen molar-refractivity contribution in [2.24, 2.45) is 45.3 Å². The summed E-state index contributed by atoms with van der Waals surface area (Å²) < 4.78 is 6.28.